The Morgan fingerprint density at radius 2 is 2.06 bits per heavy atom. The molecule has 33 heavy (non-hydrogen) atoms. The number of anilines is 2. The van der Waals surface area contributed by atoms with Gasteiger partial charge in [0.2, 0.25) is 0 Å². The van der Waals surface area contributed by atoms with Gasteiger partial charge >= 0.3 is 0 Å². The van der Waals surface area contributed by atoms with Crippen LogP contribution in [0.1, 0.15) is 44.0 Å². The first kappa shape index (κ1) is 21.5. The summed E-state index contributed by atoms with van der Waals surface area (Å²) in [6, 6.07) is 11.3. The van der Waals surface area contributed by atoms with Gasteiger partial charge in [-0.3, -0.25) is 4.99 Å². The van der Waals surface area contributed by atoms with E-state index in [-0.39, 0.29) is 5.54 Å². The molecule has 0 spiro atoms. The number of fused-ring (bicyclic) bond motifs is 5. The van der Waals surface area contributed by atoms with E-state index in [1.807, 2.05) is 13.1 Å². The molecule has 2 N–H and O–H groups in total. The molecule has 0 radical (unpaired) electrons. The molecule has 3 heterocycles. The number of hydrogen-bond acceptors (Lipinski definition) is 5. The van der Waals surface area contributed by atoms with E-state index in [4.69, 9.17) is 4.99 Å². The number of nitrogens with one attached hydrogen (secondary N) is 2. The lowest BCUT2D eigenvalue weighted by Crippen LogP contribution is -2.45. The van der Waals surface area contributed by atoms with E-state index in [1.165, 1.54) is 28.1 Å². The second kappa shape index (κ2) is 8.24. The summed E-state index contributed by atoms with van der Waals surface area (Å²) in [6.07, 6.45) is 7.16. The Balaban J connectivity index is 1.58. The second-order valence-electron chi connectivity index (χ2n) is 9.93. The lowest BCUT2D eigenvalue weighted by Gasteiger charge is -2.34. The highest BCUT2D eigenvalue weighted by atomic mass is 15.3. The number of benzene rings is 1. The van der Waals surface area contributed by atoms with Crippen LogP contribution in [0, 0.1) is 17.2 Å². The van der Waals surface area contributed by atoms with Crippen molar-refractivity contribution in [1.29, 1.82) is 5.26 Å². The number of aromatic nitrogens is 1. The summed E-state index contributed by atoms with van der Waals surface area (Å²) in [6.45, 7) is 10.1. The zero-order chi connectivity index (χ0) is 23.2. The fourth-order valence-electron chi connectivity index (χ4n) is 5.20. The largest absolute Gasteiger partial charge is 0.384 e. The number of nitrogens with zero attached hydrogens (tertiary/aromatic N) is 4. The van der Waals surface area contributed by atoms with Gasteiger partial charge in [-0.15, -0.1) is 0 Å². The third-order valence-electron chi connectivity index (χ3n) is 6.92. The average Bonchev–Trinajstić information content (AvgIpc) is 3.30. The van der Waals surface area contributed by atoms with Crippen molar-refractivity contribution in [1.82, 2.24) is 9.88 Å². The Labute approximate surface area is 196 Å². The van der Waals surface area contributed by atoms with Crippen molar-refractivity contribution in [3.63, 3.8) is 0 Å². The SMILES string of the molecule is CNCCNc1ccc2c(c1)Cn1cc(C3=CC=C(C#N)CC3C)cc1C1=NCC(C)(C)N12. The van der Waals surface area contributed by atoms with Gasteiger partial charge in [-0.1, -0.05) is 13.0 Å². The minimum atomic E-state index is -0.0768. The van der Waals surface area contributed by atoms with Crippen molar-refractivity contribution in [2.24, 2.45) is 10.9 Å². The van der Waals surface area contributed by atoms with Crippen molar-refractivity contribution in [3.8, 4) is 6.07 Å². The third-order valence-corrected chi connectivity index (χ3v) is 6.92. The molecule has 170 valence electrons. The van der Waals surface area contributed by atoms with Crippen LogP contribution >= 0.6 is 0 Å². The first-order valence-electron chi connectivity index (χ1n) is 11.8. The van der Waals surface area contributed by atoms with Crippen molar-refractivity contribution in [2.75, 3.05) is 36.9 Å². The Kier molecular flexibility index (Phi) is 5.38. The number of likely N-dealkylation sites (N-methyl/N-ethyl adjacent to an activating group) is 1. The first-order valence-corrected chi connectivity index (χ1v) is 11.8. The van der Waals surface area contributed by atoms with Crippen LogP contribution in [-0.2, 0) is 6.54 Å². The van der Waals surface area contributed by atoms with Crippen molar-refractivity contribution in [2.45, 2.75) is 39.3 Å². The van der Waals surface area contributed by atoms with Crippen molar-refractivity contribution >= 4 is 22.8 Å². The van der Waals surface area contributed by atoms with E-state index in [2.05, 4.69) is 83.5 Å². The average molecular weight is 441 g/mol. The molecular formula is C27H32N6. The number of hydrogen-bond donors (Lipinski definition) is 2. The number of amidine groups is 1. The van der Waals surface area contributed by atoms with Crippen LogP contribution in [0.4, 0.5) is 11.4 Å². The topological polar surface area (TPSA) is 68.4 Å². The fourth-order valence-corrected chi connectivity index (χ4v) is 5.20. The van der Waals surface area contributed by atoms with Crippen molar-refractivity contribution < 1.29 is 0 Å². The van der Waals surface area contributed by atoms with E-state index < -0.39 is 0 Å². The maximum Gasteiger partial charge on any atom is 0.153 e. The van der Waals surface area contributed by atoms with Crippen LogP contribution in [0.5, 0.6) is 0 Å². The number of rotatable bonds is 5. The van der Waals surface area contributed by atoms with Crippen LogP contribution in [0.15, 0.2) is 53.2 Å². The number of aliphatic imine (C=N–C) groups is 1. The summed E-state index contributed by atoms with van der Waals surface area (Å²) in [5.74, 6) is 1.38. The zero-order valence-corrected chi connectivity index (χ0v) is 19.9. The highest BCUT2D eigenvalue weighted by Crippen LogP contribution is 2.40. The molecule has 0 saturated heterocycles. The van der Waals surface area contributed by atoms with E-state index in [1.54, 1.807) is 0 Å². The molecule has 1 aliphatic carbocycles. The zero-order valence-electron chi connectivity index (χ0n) is 19.9. The number of allylic oxidation sites excluding steroid dienone is 4. The molecule has 2 aliphatic heterocycles. The first-order chi connectivity index (χ1) is 15.9. The molecule has 0 saturated carbocycles. The van der Waals surface area contributed by atoms with Gasteiger partial charge < -0.3 is 20.1 Å². The Hall–Kier alpha value is -3.30. The van der Waals surface area contributed by atoms with Crippen molar-refractivity contribution in [3.05, 3.63) is 65.0 Å². The smallest absolute Gasteiger partial charge is 0.153 e. The molecule has 0 fully saturated rings. The molecule has 1 aromatic heterocycles. The molecule has 1 aromatic carbocycles. The summed E-state index contributed by atoms with van der Waals surface area (Å²) in [5, 5.41) is 16.0. The van der Waals surface area contributed by atoms with E-state index in [0.29, 0.717) is 5.92 Å². The maximum atomic E-state index is 9.28. The molecule has 2 aromatic rings. The monoisotopic (exact) mass is 440 g/mol. The summed E-state index contributed by atoms with van der Waals surface area (Å²) >= 11 is 0. The van der Waals surface area contributed by atoms with Gasteiger partial charge in [-0.05, 0) is 80.3 Å². The summed E-state index contributed by atoms with van der Waals surface area (Å²) < 4.78 is 2.35. The summed E-state index contributed by atoms with van der Waals surface area (Å²) in [5.41, 5.74) is 8.15. The molecule has 6 nitrogen and oxygen atoms in total. The standard InChI is InChI=1S/C27H32N6/c1-18-11-19(14-28)5-7-23(18)20-13-25-26-31-17-27(2,3)33(26)24-8-6-22(30-10-9-29-4)12-21(24)16-32(25)15-20/h5-8,12-13,15,18,29-30H,9-11,16-17H2,1-4H3. The van der Waals surface area contributed by atoms with Gasteiger partial charge in [0, 0.05) is 42.8 Å². The normalized spacial score (nSPS) is 20.5. The van der Waals surface area contributed by atoms with E-state index in [9.17, 15) is 5.26 Å². The molecule has 5 rings (SSSR count). The van der Waals surface area contributed by atoms with Gasteiger partial charge in [0.05, 0.1) is 23.8 Å². The van der Waals surface area contributed by atoms with Gasteiger partial charge in [-0.25, -0.2) is 0 Å². The van der Waals surface area contributed by atoms with E-state index >= 15 is 0 Å². The molecule has 0 bridgehead atoms. The summed E-state index contributed by atoms with van der Waals surface area (Å²) in [4.78, 5) is 7.45. The highest BCUT2D eigenvalue weighted by molar-refractivity contribution is 6.12. The van der Waals surface area contributed by atoms with Gasteiger partial charge in [0.1, 0.15) is 0 Å². The van der Waals surface area contributed by atoms with E-state index in [0.717, 1.165) is 49.7 Å². The molecular weight excluding hydrogens is 408 g/mol. The molecule has 1 unspecified atom stereocenters. The minimum absolute atomic E-state index is 0.0768. The van der Waals surface area contributed by atoms with Gasteiger partial charge in [0.25, 0.3) is 0 Å². The fraction of sp³-hybridized carbons (Fsp3) is 0.407. The molecule has 6 heteroatoms. The minimum Gasteiger partial charge on any atom is -0.384 e. The van der Waals surface area contributed by atoms with Crippen LogP contribution in [-0.4, -0.2) is 42.6 Å². The molecule has 3 aliphatic rings. The predicted octanol–water partition coefficient (Wildman–Crippen LogP) is 4.40. The quantitative estimate of drug-likeness (QED) is 0.676. The predicted molar refractivity (Wildman–Crippen MR) is 136 cm³/mol. The Bertz CT molecular complexity index is 1220. The lowest BCUT2D eigenvalue weighted by atomic mass is 9.86. The Morgan fingerprint density at radius 1 is 1.21 bits per heavy atom. The third kappa shape index (κ3) is 3.77. The highest BCUT2D eigenvalue weighted by Gasteiger charge is 2.40. The van der Waals surface area contributed by atoms with Crippen LogP contribution < -0.4 is 15.5 Å². The summed E-state index contributed by atoms with van der Waals surface area (Å²) in [7, 11) is 1.97. The van der Waals surface area contributed by atoms with Gasteiger partial charge in [-0.2, -0.15) is 5.26 Å². The number of nitriles is 1. The van der Waals surface area contributed by atoms with Gasteiger partial charge in [0.15, 0.2) is 5.84 Å². The molecule has 0 amide bonds. The second-order valence-corrected chi connectivity index (χ2v) is 9.93. The molecule has 1 atom stereocenters. The lowest BCUT2D eigenvalue weighted by molar-refractivity contribution is 0.557. The van der Waals surface area contributed by atoms with Crippen LogP contribution in [0.25, 0.3) is 5.57 Å². The maximum absolute atomic E-state index is 9.28. The Morgan fingerprint density at radius 3 is 2.82 bits per heavy atom. The van der Waals surface area contributed by atoms with Crippen LogP contribution in [0.3, 0.4) is 0 Å². The van der Waals surface area contributed by atoms with Crippen LogP contribution in [0.2, 0.25) is 0 Å².